The molecule has 118 valence electrons. The molecule has 0 aliphatic rings. The molecule has 0 bridgehead atoms. The third-order valence-corrected chi connectivity index (χ3v) is 3.23. The van der Waals surface area contributed by atoms with Crippen molar-refractivity contribution in [2.24, 2.45) is 7.05 Å². The number of benzene rings is 1. The zero-order chi connectivity index (χ0) is 16.6. The molecule has 0 unspecified atom stereocenters. The molecule has 0 radical (unpaired) electrons. The van der Waals surface area contributed by atoms with Gasteiger partial charge in [0, 0.05) is 24.9 Å². The van der Waals surface area contributed by atoms with Crippen LogP contribution in [0.3, 0.4) is 0 Å². The summed E-state index contributed by atoms with van der Waals surface area (Å²) in [6.07, 6.45) is -3.05. The van der Waals surface area contributed by atoms with Crippen molar-refractivity contribution in [2.75, 3.05) is 0 Å². The van der Waals surface area contributed by atoms with E-state index in [1.165, 1.54) is 41.1 Å². The molecule has 0 N–H and O–H groups in total. The average Bonchev–Trinajstić information content (AvgIpc) is 2.99. The van der Waals surface area contributed by atoms with E-state index in [0.717, 1.165) is 6.07 Å². The number of nitrogens with zero attached hydrogens (tertiary/aromatic N) is 3. The number of rotatable bonds is 2. The van der Waals surface area contributed by atoms with Crippen LogP contribution >= 0.6 is 0 Å². The van der Waals surface area contributed by atoms with Crippen molar-refractivity contribution in [3.05, 3.63) is 58.5 Å². The molecule has 0 amide bonds. The van der Waals surface area contributed by atoms with Crippen LogP contribution in [0.25, 0.3) is 22.8 Å². The van der Waals surface area contributed by atoms with Crippen molar-refractivity contribution in [2.45, 2.75) is 6.18 Å². The van der Waals surface area contributed by atoms with Crippen LogP contribution in [0, 0.1) is 0 Å². The van der Waals surface area contributed by atoms with Crippen molar-refractivity contribution >= 4 is 0 Å². The van der Waals surface area contributed by atoms with E-state index in [4.69, 9.17) is 4.52 Å². The van der Waals surface area contributed by atoms with Crippen molar-refractivity contribution in [1.29, 1.82) is 0 Å². The minimum atomic E-state index is -4.53. The van der Waals surface area contributed by atoms with Gasteiger partial charge in [-0.15, -0.1) is 0 Å². The van der Waals surface area contributed by atoms with Crippen LogP contribution in [0.15, 0.2) is 51.9 Å². The lowest BCUT2D eigenvalue weighted by atomic mass is 10.1. The van der Waals surface area contributed by atoms with Crippen molar-refractivity contribution < 1.29 is 17.7 Å². The van der Waals surface area contributed by atoms with Gasteiger partial charge in [0.1, 0.15) is 0 Å². The molecule has 0 aliphatic carbocycles. The number of alkyl halides is 3. The Hall–Kier alpha value is -2.90. The zero-order valence-corrected chi connectivity index (χ0v) is 11.8. The molecule has 3 rings (SSSR count). The molecule has 0 aliphatic heterocycles. The number of hydrogen-bond donors (Lipinski definition) is 0. The Bertz CT molecular complexity index is 913. The molecular weight excluding hydrogens is 311 g/mol. The highest BCUT2D eigenvalue weighted by Gasteiger charge is 2.34. The molecule has 0 saturated carbocycles. The van der Waals surface area contributed by atoms with Crippen LogP contribution in [0.4, 0.5) is 13.2 Å². The number of halogens is 3. The zero-order valence-electron chi connectivity index (χ0n) is 11.8. The summed E-state index contributed by atoms with van der Waals surface area (Å²) in [7, 11) is 1.55. The summed E-state index contributed by atoms with van der Waals surface area (Å²) in [5.41, 5.74) is -0.800. The van der Waals surface area contributed by atoms with Gasteiger partial charge in [-0.1, -0.05) is 17.3 Å². The number of aromatic nitrogens is 3. The molecule has 0 saturated heterocycles. The third-order valence-electron chi connectivity index (χ3n) is 3.23. The second-order valence-corrected chi connectivity index (χ2v) is 4.83. The minimum absolute atomic E-state index is 0.104. The molecule has 1 aromatic carbocycles. The summed E-state index contributed by atoms with van der Waals surface area (Å²) in [4.78, 5) is 15.4. The predicted molar refractivity (Wildman–Crippen MR) is 75.4 cm³/mol. The Kier molecular flexibility index (Phi) is 3.51. The fourth-order valence-corrected chi connectivity index (χ4v) is 2.09. The Labute approximate surface area is 128 Å². The van der Waals surface area contributed by atoms with Crippen LogP contribution in [0.1, 0.15) is 5.56 Å². The van der Waals surface area contributed by atoms with Gasteiger partial charge >= 0.3 is 6.18 Å². The molecular formula is C15H10F3N3O2. The summed E-state index contributed by atoms with van der Waals surface area (Å²) in [6, 6.07) is 7.76. The lowest BCUT2D eigenvalue weighted by Gasteiger charge is -2.09. The van der Waals surface area contributed by atoms with Gasteiger partial charge in [0.25, 0.3) is 5.89 Å². The monoisotopic (exact) mass is 321 g/mol. The third kappa shape index (κ3) is 2.87. The molecule has 5 nitrogen and oxygen atoms in total. The Morgan fingerprint density at radius 2 is 1.87 bits per heavy atom. The molecule has 8 heteroatoms. The number of pyridine rings is 1. The van der Waals surface area contributed by atoms with Crippen LogP contribution < -0.4 is 5.56 Å². The van der Waals surface area contributed by atoms with Gasteiger partial charge in [-0.25, -0.2) is 0 Å². The fourth-order valence-electron chi connectivity index (χ4n) is 2.09. The molecule has 2 aromatic heterocycles. The van der Waals surface area contributed by atoms with E-state index in [0.29, 0.717) is 5.56 Å². The van der Waals surface area contributed by atoms with Gasteiger partial charge in [-0.3, -0.25) is 4.79 Å². The van der Waals surface area contributed by atoms with Gasteiger partial charge in [-0.05, 0) is 18.2 Å². The molecule has 23 heavy (non-hydrogen) atoms. The predicted octanol–water partition coefficient (Wildman–Crippen LogP) is 3.12. The first kappa shape index (κ1) is 15.0. The van der Waals surface area contributed by atoms with Gasteiger partial charge in [-0.2, -0.15) is 18.2 Å². The molecule has 3 aromatic rings. The van der Waals surface area contributed by atoms with Crippen molar-refractivity contribution in [3.63, 3.8) is 0 Å². The van der Waals surface area contributed by atoms with Crippen LogP contribution in [-0.2, 0) is 13.2 Å². The van der Waals surface area contributed by atoms with Crippen LogP contribution in [-0.4, -0.2) is 14.7 Å². The van der Waals surface area contributed by atoms with E-state index in [1.54, 1.807) is 7.05 Å². The van der Waals surface area contributed by atoms with Crippen LogP contribution in [0.5, 0.6) is 0 Å². The fraction of sp³-hybridized carbons (Fsp3) is 0.133. The highest BCUT2D eigenvalue weighted by atomic mass is 19.4. The molecule has 0 atom stereocenters. The maximum absolute atomic E-state index is 13.0. The van der Waals surface area contributed by atoms with E-state index in [-0.39, 0.29) is 22.8 Å². The Morgan fingerprint density at radius 3 is 2.57 bits per heavy atom. The highest BCUT2D eigenvalue weighted by molar-refractivity contribution is 5.62. The SMILES string of the molecule is Cn1cc(-c2noc(-c3ccccc3C(F)(F)F)n2)ccc1=O. The molecule has 0 spiro atoms. The summed E-state index contributed by atoms with van der Waals surface area (Å²) in [5.74, 6) is -0.130. The van der Waals surface area contributed by atoms with E-state index in [2.05, 4.69) is 10.1 Å². The topological polar surface area (TPSA) is 60.9 Å². The number of aryl methyl sites for hydroxylation is 1. The number of hydrogen-bond acceptors (Lipinski definition) is 4. The maximum Gasteiger partial charge on any atom is 0.417 e. The second-order valence-electron chi connectivity index (χ2n) is 4.83. The molecule has 0 fully saturated rings. The normalized spacial score (nSPS) is 11.7. The molecule has 2 heterocycles. The lowest BCUT2D eigenvalue weighted by Crippen LogP contribution is -2.14. The summed E-state index contributed by atoms with van der Waals surface area (Å²) in [5, 5.41) is 3.69. The largest absolute Gasteiger partial charge is 0.417 e. The van der Waals surface area contributed by atoms with Gasteiger partial charge < -0.3 is 9.09 Å². The quantitative estimate of drug-likeness (QED) is 0.727. The van der Waals surface area contributed by atoms with Gasteiger partial charge in [0.2, 0.25) is 11.4 Å². The van der Waals surface area contributed by atoms with Crippen molar-refractivity contribution in [1.82, 2.24) is 14.7 Å². The van der Waals surface area contributed by atoms with E-state index in [9.17, 15) is 18.0 Å². The summed E-state index contributed by atoms with van der Waals surface area (Å²) >= 11 is 0. The van der Waals surface area contributed by atoms with Gasteiger partial charge in [0.15, 0.2) is 0 Å². The van der Waals surface area contributed by atoms with E-state index < -0.39 is 11.7 Å². The van der Waals surface area contributed by atoms with Crippen molar-refractivity contribution in [3.8, 4) is 22.8 Å². The van der Waals surface area contributed by atoms with E-state index in [1.807, 2.05) is 0 Å². The van der Waals surface area contributed by atoms with Gasteiger partial charge in [0.05, 0.1) is 11.1 Å². The summed E-state index contributed by atoms with van der Waals surface area (Å²) in [6.45, 7) is 0. The Balaban J connectivity index is 2.06. The smallest absolute Gasteiger partial charge is 0.334 e. The van der Waals surface area contributed by atoms with Crippen LogP contribution in [0.2, 0.25) is 0 Å². The Morgan fingerprint density at radius 1 is 1.13 bits per heavy atom. The lowest BCUT2D eigenvalue weighted by molar-refractivity contribution is -0.137. The maximum atomic E-state index is 13.0. The first-order chi connectivity index (χ1) is 10.9. The highest BCUT2D eigenvalue weighted by Crippen LogP contribution is 2.36. The van der Waals surface area contributed by atoms with E-state index >= 15 is 0 Å². The first-order valence-corrected chi connectivity index (χ1v) is 6.53. The standard InChI is InChI=1S/C15H10F3N3O2/c1-21-8-9(6-7-12(21)22)13-19-14(23-20-13)10-4-2-3-5-11(10)15(16,17)18/h2-8H,1H3. The second kappa shape index (κ2) is 5.38. The minimum Gasteiger partial charge on any atom is -0.334 e. The summed E-state index contributed by atoms with van der Waals surface area (Å²) < 4.78 is 45.4. The average molecular weight is 321 g/mol. The first-order valence-electron chi connectivity index (χ1n) is 6.53.